The van der Waals surface area contributed by atoms with Crippen LogP contribution >= 0.6 is 23.8 Å². The molecular weight excluding hydrogens is 461 g/mol. The number of nitrogens with zero attached hydrogens (tertiary/aromatic N) is 2. The van der Waals surface area contributed by atoms with E-state index < -0.39 is 5.97 Å². The van der Waals surface area contributed by atoms with Crippen LogP contribution in [-0.2, 0) is 0 Å². The molecule has 1 fully saturated rings. The predicted octanol–water partition coefficient (Wildman–Crippen LogP) is 5.28. The highest BCUT2D eigenvalue weighted by Gasteiger charge is 2.27. The van der Waals surface area contributed by atoms with Crippen LogP contribution in [0.3, 0.4) is 0 Å². The molecule has 0 amide bonds. The van der Waals surface area contributed by atoms with Gasteiger partial charge in [-0.15, -0.1) is 0 Å². The van der Waals surface area contributed by atoms with Gasteiger partial charge in [0.25, 0.3) is 0 Å². The molecule has 1 aliphatic rings. The molecule has 5 nitrogen and oxygen atoms in total. The van der Waals surface area contributed by atoms with E-state index in [0.29, 0.717) is 10.8 Å². The summed E-state index contributed by atoms with van der Waals surface area (Å²) < 4.78 is 13.5. The zero-order valence-corrected chi connectivity index (χ0v) is 19.3. The first-order valence-corrected chi connectivity index (χ1v) is 11.3. The van der Waals surface area contributed by atoms with Gasteiger partial charge in [0, 0.05) is 31.9 Å². The number of halogens is 2. The van der Waals surface area contributed by atoms with Crippen LogP contribution in [0.5, 0.6) is 0 Å². The number of piperazine rings is 1. The first-order valence-electron chi connectivity index (χ1n) is 10.6. The summed E-state index contributed by atoms with van der Waals surface area (Å²) in [7, 11) is 0. The first-order chi connectivity index (χ1) is 15.9. The van der Waals surface area contributed by atoms with Gasteiger partial charge in [0.1, 0.15) is 5.82 Å². The molecule has 8 heteroatoms. The largest absolute Gasteiger partial charge is 0.478 e. The fourth-order valence-electron chi connectivity index (χ4n) is 4.05. The summed E-state index contributed by atoms with van der Waals surface area (Å²) in [5.41, 5.74) is 2.90. The Balaban J connectivity index is 1.44. The van der Waals surface area contributed by atoms with Crippen molar-refractivity contribution in [1.29, 1.82) is 0 Å². The van der Waals surface area contributed by atoms with Gasteiger partial charge in [0.05, 0.1) is 16.6 Å². The number of hydrogen-bond donors (Lipinski definition) is 2. The average Bonchev–Trinajstić information content (AvgIpc) is 2.81. The molecule has 1 unspecified atom stereocenters. The summed E-state index contributed by atoms with van der Waals surface area (Å²) >= 11 is 11.7. The Morgan fingerprint density at radius 3 is 2.21 bits per heavy atom. The van der Waals surface area contributed by atoms with Gasteiger partial charge in [-0.1, -0.05) is 54.1 Å². The van der Waals surface area contributed by atoms with E-state index in [-0.39, 0.29) is 22.4 Å². The van der Waals surface area contributed by atoms with Crippen molar-refractivity contribution < 1.29 is 14.3 Å². The smallest absolute Gasteiger partial charge is 0.337 e. The minimum Gasteiger partial charge on any atom is -0.478 e. The summed E-state index contributed by atoms with van der Waals surface area (Å²) in [4.78, 5) is 15.6. The van der Waals surface area contributed by atoms with Crippen LogP contribution in [0, 0.1) is 5.82 Å². The lowest BCUT2D eigenvalue weighted by atomic mass is 9.96. The Hall–Kier alpha value is -3.00. The molecule has 4 rings (SSSR count). The zero-order valence-electron chi connectivity index (χ0n) is 17.7. The molecule has 33 heavy (non-hydrogen) atoms. The molecule has 0 radical (unpaired) electrons. The topological polar surface area (TPSA) is 55.8 Å². The summed E-state index contributed by atoms with van der Waals surface area (Å²) in [6, 6.07) is 21.6. The zero-order chi connectivity index (χ0) is 23.4. The molecule has 3 aromatic carbocycles. The molecule has 0 aromatic heterocycles. The van der Waals surface area contributed by atoms with E-state index in [4.69, 9.17) is 28.9 Å². The minimum absolute atomic E-state index is 0.0258. The summed E-state index contributed by atoms with van der Waals surface area (Å²) in [5.74, 6) is -1.32. The molecule has 0 saturated carbocycles. The second-order valence-corrected chi connectivity index (χ2v) is 8.61. The number of rotatable bonds is 5. The predicted molar refractivity (Wildman–Crippen MR) is 132 cm³/mol. The normalized spacial score (nSPS) is 15.2. The highest BCUT2D eigenvalue weighted by atomic mass is 35.5. The molecule has 0 spiro atoms. The molecule has 170 valence electrons. The average molecular weight is 484 g/mol. The Bertz CT molecular complexity index is 1140. The highest BCUT2D eigenvalue weighted by Crippen LogP contribution is 2.30. The standard InChI is InChI=1S/C25H23ClFN3O2S/c26-22-16-20(10-11-21(22)24(31)32)28-25(33)30-14-12-29(13-15-30)23(17-4-2-1-3-5-17)18-6-8-19(27)9-7-18/h1-11,16,23H,12-15H2,(H,28,33)(H,31,32). The van der Waals surface area contributed by atoms with E-state index in [9.17, 15) is 9.18 Å². The molecule has 0 aliphatic carbocycles. The fraction of sp³-hybridized carbons (Fsp3) is 0.200. The number of carboxylic acid groups (broad SMARTS) is 1. The van der Waals surface area contributed by atoms with Crippen molar-refractivity contribution in [2.75, 3.05) is 31.5 Å². The molecular formula is C25H23ClFN3O2S. The van der Waals surface area contributed by atoms with E-state index in [0.717, 1.165) is 37.3 Å². The van der Waals surface area contributed by atoms with Gasteiger partial charge in [0.2, 0.25) is 0 Å². The maximum absolute atomic E-state index is 13.5. The quantitative estimate of drug-likeness (QED) is 0.481. The Morgan fingerprint density at radius 1 is 0.970 bits per heavy atom. The van der Waals surface area contributed by atoms with E-state index in [1.165, 1.54) is 18.2 Å². The van der Waals surface area contributed by atoms with Crippen LogP contribution in [0.4, 0.5) is 10.1 Å². The molecule has 3 aromatic rings. The van der Waals surface area contributed by atoms with Crippen molar-refractivity contribution in [3.63, 3.8) is 0 Å². The lowest BCUT2D eigenvalue weighted by Gasteiger charge is -2.40. The number of aromatic carboxylic acids is 1. The van der Waals surface area contributed by atoms with Crippen LogP contribution in [0.2, 0.25) is 5.02 Å². The summed E-state index contributed by atoms with van der Waals surface area (Å²) in [6.07, 6.45) is 0. The third-order valence-electron chi connectivity index (χ3n) is 5.72. The number of carbonyl (C=O) groups is 1. The third-order valence-corrected chi connectivity index (χ3v) is 6.39. The van der Waals surface area contributed by atoms with E-state index in [1.807, 2.05) is 30.3 Å². The van der Waals surface area contributed by atoms with Crippen LogP contribution in [0.15, 0.2) is 72.8 Å². The highest BCUT2D eigenvalue weighted by molar-refractivity contribution is 7.80. The van der Waals surface area contributed by atoms with Gasteiger partial charge >= 0.3 is 5.97 Å². The maximum Gasteiger partial charge on any atom is 0.337 e. The molecule has 1 heterocycles. The lowest BCUT2D eigenvalue weighted by molar-refractivity contribution is 0.0697. The van der Waals surface area contributed by atoms with Gasteiger partial charge < -0.3 is 15.3 Å². The summed E-state index contributed by atoms with van der Waals surface area (Å²) in [5, 5.41) is 13.0. The molecule has 1 saturated heterocycles. The van der Waals surface area contributed by atoms with Crippen molar-refractivity contribution in [1.82, 2.24) is 9.80 Å². The fourth-order valence-corrected chi connectivity index (χ4v) is 4.61. The number of benzene rings is 3. The van der Waals surface area contributed by atoms with Gasteiger partial charge in [-0.2, -0.15) is 0 Å². The molecule has 1 atom stereocenters. The van der Waals surface area contributed by atoms with Crippen molar-refractivity contribution in [3.8, 4) is 0 Å². The Labute approximate surface area is 202 Å². The van der Waals surface area contributed by atoms with Gasteiger partial charge in [0.15, 0.2) is 5.11 Å². The molecule has 2 N–H and O–H groups in total. The SMILES string of the molecule is O=C(O)c1ccc(NC(=S)N2CCN(C(c3ccccc3)c3ccc(F)cc3)CC2)cc1Cl. The lowest BCUT2D eigenvalue weighted by Crippen LogP contribution is -2.51. The molecule has 0 bridgehead atoms. The number of anilines is 1. The number of hydrogen-bond acceptors (Lipinski definition) is 3. The second-order valence-electron chi connectivity index (χ2n) is 7.82. The van der Waals surface area contributed by atoms with Crippen molar-refractivity contribution in [3.05, 3.63) is 100 Å². The van der Waals surface area contributed by atoms with E-state index in [1.54, 1.807) is 12.1 Å². The Morgan fingerprint density at radius 2 is 1.61 bits per heavy atom. The van der Waals surface area contributed by atoms with Crippen LogP contribution in [0.25, 0.3) is 0 Å². The van der Waals surface area contributed by atoms with Gasteiger partial charge in [-0.3, -0.25) is 4.90 Å². The van der Waals surface area contributed by atoms with Gasteiger partial charge in [-0.05, 0) is 53.7 Å². The Kier molecular flexibility index (Phi) is 7.23. The monoisotopic (exact) mass is 483 g/mol. The van der Waals surface area contributed by atoms with Gasteiger partial charge in [-0.25, -0.2) is 9.18 Å². The third kappa shape index (κ3) is 5.50. The van der Waals surface area contributed by atoms with Crippen molar-refractivity contribution in [2.24, 2.45) is 0 Å². The molecule has 1 aliphatic heterocycles. The van der Waals surface area contributed by atoms with E-state index in [2.05, 4.69) is 27.2 Å². The van der Waals surface area contributed by atoms with Crippen LogP contribution in [0.1, 0.15) is 27.5 Å². The van der Waals surface area contributed by atoms with Crippen LogP contribution in [-0.4, -0.2) is 52.2 Å². The van der Waals surface area contributed by atoms with Crippen LogP contribution < -0.4 is 5.32 Å². The van der Waals surface area contributed by atoms with Crippen molar-refractivity contribution in [2.45, 2.75) is 6.04 Å². The number of nitrogens with one attached hydrogen (secondary N) is 1. The van der Waals surface area contributed by atoms with E-state index >= 15 is 0 Å². The van der Waals surface area contributed by atoms with Crippen molar-refractivity contribution >= 4 is 40.6 Å². The second kappa shape index (κ2) is 10.3. The number of thiocarbonyl (C=S) groups is 1. The minimum atomic E-state index is -1.07. The number of carboxylic acids is 1. The maximum atomic E-state index is 13.5. The summed E-state index contributed by atoms with van der Waals surface area (Å²) in [6.45, 7) is 2.99. The first kappa shape index (κ1) is 23.2.